The Morgan fingerprint density at radius 1 is 1.23 bits per heavy atom. The molecule has 160 valence electrons. The molecule has 3 heterocycles. The standard InChI is InChI=1S/C18H18F3N5O3S/c19-18(20,21)9-1-2-10(23-6-9)11-3-4-12(24-11)16(29)25-13(5-22)17-26-14(7-27)15(8-28)30-17/h1-4,6,13,24,27-28H,5,7-8,22H2,(H,25,29)/t13-/m0/s1. The summed E-state index contributed by atoms with van der Waals surface area (Å²) in [4.78, 5) is 23.8. The summed E-state index contributed by atoms with van der Waals surface area (Å²) in [5.74, 6) is -0.505. The largest absolute Gasteiger partial charge is 0.417 e. The quantitative estimate of drug-likeness (QED) is 0.380. The van der Waals surface area contributed by atoms with Gasteiger partial charge in [0.05, 0.1) is 46.8 Å². The summed E-state index contributed by atoms with van der Waals surface area (Å²) in [7, 11) is 0. The van der Waals surface area contributed by atoms with Gasteiger partial charge in [0.1, 0.15) is 10.7 Å². The highest BCUT2D eigenvalue weighted by molar-refractivity contribution is 7.11. The molecule has 0 unspecified atom stereocenters. The number of amides is 1. The molecule has 3 rings (SSSR count). The fourth-order valence-electron chi connectivity index (χ4n) is 2.65. The van der Waals surface area contributed by atoms with Crippen molar-refractivity contribution >= 4 is 17.2 Å². The van der Waals surface area contributed by atoms with Gasteiger partial charge in [0, 0.05) is 12.7 Å². The molecule has 0 fully saturated rings. The van der Waals surface area contributed by atoms with Gasteiger partial charge in [-0.3, -0.25) is 9.78 Å². The zero-order chi connectivity index (χ0) is 21.9. The summed E-state index contributed by atoms with van der Waals surface area (Å²) >= 11 is 1.13. The number of thiazole rings is 1. The number of alkyl halides is 3. The monoisotopic (exact) mass is 441 g/mol. The van der Waals surface area contributed by atoms with Crippen molar-refractivity contribution < 1.29 is 28.2 Å². The van der Waals surface area contributed by atoms with Gasteiger partial charge in [0.2, 0.25) is 0 Å². The number of nitrogens with zero attached hydrogens (tertiary/aromatic N) is 2. The molecular formula is C18H18F3N5O3S. The van der Waals surface area contributed by atoms with Gasteiger partial charge in [-0.2, -0.15) is 13.2 Å². The Bertz CT molecular complexity index is 995. The highest BCUT2D eigenvalue weighted by Crippen LogP contribution is 2.29. The molecule has 0 aromatic carbocycles. The maximum atomic E-state index is 12.7. The van der Waals surface area contributed by atoms with E-state index in [0.29, 0.717) is 21.3 Å². The van der Waals surface area contributed by atoms with E-state index in [2.05, 4.69) is 20.3 Å². The number of hydrogen-bond acceptors (Lipinski definition) is 7. The second kappa shape index (κ2) is 8.92. The Hall–Kier alpha value is -2.80. The molecule has 3 aromatic rings. The van der Waals surface area contributed by atoms with Crippen molar-refractivity contribution in [2.45, 2.75) is 25.4 Å². The van der Waals surface area contributed by atoms with Crippen LogP contribution in [0.4, 0.5) is 13.2 Å². The van der Waals surface area contributed by atoms with Crippen LogP contribution in [0.5, 0.6) is 0 Å². The number of rotatable bonds is 7. The van der Waals surface area contributed by atoms with Crippen molar-refractivity contribution in [3.63, 3.8) is 0 Å². The summed E-state index contributed by atoms with van der Waals surface area (Å²) in [6.45, 7) is -0.611. The van der Waals surface area contributed by atoms with Crippen LogP contribution >= 0.6 is 11.3 Å². The van der Waals surface area contributed by atoms with Crippen LogP contribution in [-0.2, 0) is 19.4 Å². The summed E-state index contributed by atoms with van der Waals surface area (Å²) in [5, 5.41) is 21.8. The van der Waals surface area contributed by atoms with Crippen LogP contribution in [0.3, 0.4) is 0 Å². The van der Waals surface area contributed by atoms with E-state index in [1.54, 1.807) is 0 Å². The lowest BCUT2D eigenvalue weighted by molar-refractivity contribution is -0.137. The Labute approximate surface area is 172 Å². The zero-order valence-electron chi connectivity index (χ0n) is 15.4. The average Bonchev–Trinajstić information content (AvgIpc) is 3.38. The van der Waals surface area contributed by atoms with Gasteiger partial charge < -0.3 is 26.2 Å². The molecule has 1 amide bonds. The first-order valence-corrected chi connectivity index (χ1v) is 9.52. The number of aromatic nitrogens is 3. The van der Waals surface area contributed by atoms with Crippen molar-refractivity contribution in [2.24, 2.45) is 5.73 Å². The highest BCUT2D eigenvalue weighted by Gasteiger charge is 2.30. The number of nitrogens with two attached hydrogens (primary N) is 1. The predicted molar refractivity (Wildman–Crippen MR) is 102 cm³/mol. The lowest BCUT2D eigenvalue weighted by Crippen LogP contribution is -2.33. The van der Waals surface area contributed by atoms with Crippen LogP contribution in [0.25, 0.3) is 11.4 Å². The van der Waals surface area contributed by atoms with Gasteiger partial charge in [-0.15, -0.1) is 11.3 Å². The third kappa shape index (κ3) is 4.67. The van der Waals surface area contributed by atoms with Gasteiger partial charge in [-0.05, 0) is 24.3 Å². The Balaban J connectivity index is 1.74. The van der Waals surface area contributed by atoms with Gasteiger partial charge in [-0.25, -0.2) is 4.98 Å². The van der Waals surface area contributed by atoms with E-state index in [4.69, 9.17) is 5.73 Å². The lowest BCUT2D eigenvalue weighted by Gasteiger charge is -2.13. The van der Waals surface area contributed by atoms with E-state index in [0.717, 1.165) is 23.6 Å². The Morgan fingerprint density at radius 2 is 2.00 bits per heavy atom. The minimum Gasteiger partial charge on any atom is -0.391 e. The average molecular weight is 441 g/mol. The molecule has 0 saturated heterocycles. The number of nitrogens with one attached hydrogen (secondary N) is 2. The van der Waals surface area contributed by atoms with Crippen molar-refractivity contribution in [3.05, 3.63) is 57.3 Å². The maximum Gasteiger partial charge on any atom is 0.417 e. The molecule has 1 atom stereocenters. The molecule has 3 aromatic heterocycles. The summed E-state index contributed by atoms with van der Waals surface area (Å²) in [6.07, 6.45) is -3.76. The fraction of sp³-hybridized carbons (Fsp3) is 0.278. The number of hydrogen-bond donors (Lipinski definition) is 5. The molecule has 6 N–H and O–H groups in total. The molecule has 0 aliphatic heterocycles. The topological polar surface area (TPSA) is 137 Å². The van der Waals surface area contributed by atoms with Crippen LogP contribution in [0.1, 0.15) is 37.7 Å². The number of aromatic amines is 1. The number of carbonyl (C=O) groups is 1. The highest BCUT2D eigenvalue weighted by atomic mass is 32.1. The number of pyridine rings is 1. The van der Waals surface area contributed by atoms with Crippen LogP contribution in [0, 0.1) is 0 Å². The van der Waals surface area contributed by atoms with Crippen molar-refractivity contribution in [1.82, 2.24) is 20.3 Å². The Morgan fingerprint density at radius 3 is 2.53 bits per heavy atom. The van der Waals surface area contributed by atoms with Crippen LogP contribution in [-0.4, -0.2) is 37.6 Å². The maximum absolute atomic E-state index is 12.7. The minimum atomic E-state index is -4.48. The first-order chi connectivity index (χ1) is 14.3. The third-order valence-corrected chi connectivity index (χ3v) is 5.42. The molecule has 0 bridgehead atoms. The molecule has 12 heteroatoms. The normalized spacial score (nSPS) is 12.7. The molecule has 0 radical (unpaired) electrons. The van der Waals surface area contributed by atoms with Gasteiger partial charge in [0.25, 0.3) is 5.91 Å². The summed E-state index contributed by atoms with van der Waals surface area (Å²) in [5.41, 5.74) is 5.97. The summed E-state index contributed by atoms with van der Waals surface area (Å²) < 4.78 is 38.0. The van der Waals surface area contributed by atoms with E-state index < -0.39 is 23.7 Å². The predicted octanol–water partition coefficient (Wildman–Crippen LogP) is 1.97. The molecule has 0 saturated carbocycles. The van der Waals surface area contributed by atoms with Crippen LogP contribution < -0.4 is 11.1 Å². The second-order valence-electron chi connectivity index (χ2n) is 6.22. The number of H-pyrrole nitrogens is 1. The number of halogens is 3. The van der Waals surface area contributed by atoms with Crippen molar-refractivity contribution in [2.75, 3.05) is 6.54 Å². The molecule has 0 spiro atoms. The third-order valence-electron chi connectivity index (χ3n) is 4.22. The number of carbonyl (C=O) groups excluding carboxylic acids is 1. The van der Waals surface area contributed by atoms with Crippen molar-refractivity contribution in [1.29, 1.82) is 0 Å². The van der Waals surface area contributed by atoms with E-state index in [9.17, 15) is 28.2 Å². The summed E-state index contributed by atoms with van der Waals surface area (Å²) in [6, 6.07) is 4.47. The fourth-order valence-corrected chi connectivity index (χ4v) is 3.65. The minimum absolute atomic E-state index is 0.0308. The van der Waals surface area contributed by atoms with E-state index in [1.807, 2.05) is 0 Å². The number of aliphatic hydroxyl groups excluding tert-OH is 2. The van der Waals surface area contributed by atoms with Crippen LogP contribution in [0.15, 0.2) is 30.5 Å². The number of aliphatic hydroxyl groups is 2. The van der Waals surface area contributed by atoms with E-state index in [1.165, 1.54) is 18.2 Å². The Kier molecular flexibility index (Phi) is 6.51. The molecule has 0 aliphatic rings. The van der Waals surface area contributed by atoms with Gasteiger partial charge in [0.15, 0.2) is 0 Å². The first kappa shape index (κ1) is 21.9. The molecular weight excluding hydrogens is 423 g/mol. The van der Waals surface area contributed by atoms with Crippen molar-refractivity contribution in [3.8, 4) is 11.4 Å². The lowest BCUT2D eigenvalue weighted by atomic mass is 10.2. The first-order valence-electron chi connectivity index (χ1n) is 8.70. The smallest absolute Gasteiger partial charge is 0.391 e. The van der Waals surface area contributed by atoms with Gasteiger partial charge in [-0.1, -0.05) is 0 Å². The van der Waals surface area contributed by atoms with E-state index >= 15 is 0 Å². The second-order valence-corrected chi connectivity index (χ2v) is 7.33. The molecule has 30 heavy (non-hydrogen) atoms. The SMILES string of the molecule is NC[C@H](NC(=O)c1ccc(-c2ccc(C(F)(F)F)cn2)[nH]1)c1nc(CO)c(CO)s1. The zero-order valence-corrected chi connectivity index (χ0v) is 16.2. The van der Waals surface area contributed by atoms with Crippen LogP contribution in [0.2, 0.25) is 0 Å². The van der Waals surface area contributed by atoms with Gasteiger partial charge >= 0.3 is 6.18 Å². The molecule has 8 nitrogen and oxygen atoms in total. The van der Waals surface area contributed by atoms with E-state index in [-0.39, 0.29) is 31.1 Å². The molecule has 0 aliphatic carbocycles.